The van der Waals surface area contributed by atoms with Gasteiger partial charge in [-0.1, -0.05) is 24.3 Å². The number of aliphatic imine (C=N–C) groups is 1. The number of carbonyl (C=O) groups excluding carboxylic acids is 2. The number of urea groups is 1. The monoisotopic (exact) mass is 385 g/mol. The van der Waals surface area contributed by atoms with Crippen LogP contribution in [0, 0.1) is 10.1 Å². The predicted molar refractivity (Wildman–Crippen MR) is 102 cm³/mol. The van der Waals surface area contributed by atoms with Crippen LogP contribution in [0.5, 0.6) is 0 Å². The first-order chi connectivity index (χ1) is 13.3. The summed E-state index contributed by atoms with van der Waals surface area (Å²) in [7, 11) is 1.55. The van der Waals surface area contributed by atoms with Crippen molar-refractivity contribution in [2.24, 2.45) is 10.1 Å². The first-order valence-electron chi connectivity index (χ1n) is 8.38. The number of non-ortho nitro benzene ring substituents is 1. The molecule has 0 radical (unpaired) electrons. The molecule has 2 aliphatic heterocycles. The van der Waals surface area contributed by atoms with Crippen LogP contribution in [0.1, 0.15) is 12.5 Å². The van der Waals surface area contributed by atoms with Gasteiger partial charge in [-0.05, 0) is 6.92 Å². The molecule has 2 unspecified atom stereocenters. The minimum Gasteiger partial charge on any atom is -0.322 e. The molecule has 11 heteroatoms. The van der Waals surface area contributed by atoms with E-state index in [1.165, 1.54) is 23.2 Å². The molecule has 2 aliphatic rings. The summed E-state index contributed by atoms with van der Waals surface area (Å²) in [6.07, 6.45) is 0.724. The van der Waals surface area contributed by atoms with Crippen molar-refractivity contribution in [2.45, 2.75) is 19.1 Å². The minimum atomic E-state index is -0.699. The largest absolute Gasteiger partial charge is 0.325 e. The molecule has 146 valence electrons. The third-order valence-corrected chi connectivity index (χ3v) is 4.26. The Balaban J connectivity index is 1.81. The average Bonchev–Trinajstić information content (AvgIpc) is 2.98. The topological polar surface area (TPSA) is 133 Å². The van der Waals surface area contributed by atoms with Gasteiger partial charge in [0.25, 0.3) is 11.6 Å². The summed E-state index contributed by atoms with van der Waals surface area (Å²) in [4.78, 5) is 42.0. The van der Waals surface area contributed by atoms with Gasteiger partial charge in [0.2, 0.25) is 5.96 Å². The summed E-state index contributed by atoms with van der Waals surface area (Å²) < 4.78 is 0. The fourth-order valence-corrected chi connectivity index (χ4v) is 2.97. The van der Waals surface area contributed by atoms with Crippen LogP contribution in [0.3, 0.4) is 0 Å². The predicted octanol–water partition coefficient (Wildman–Crippen LogP) is 0.642. The van der Waals surface area contributed by atoms with E-state index >= 15 is 0 Å². The highest BCUT2D eigenvalue weighted by molar-refractivity contribution is 6.03. The molecule has 2 heterocycles. The lowest BCUT2D eigenvalue weighted by Crippen LogP contribution is -2.64. The first-order valence-corrected chi connectivity index (χ1v) is 8.38. The number of rotatable bonds is 5. The molecule has 1 fully saturated rings. The van der Waals surface area contributed by atoms with Crippen molar-refractivity contribution >= 4 is 29.8 Å². The fraction of sp³-hybridized carbons (Fsp3) is 0.294. The van der Waals surface area contributed by atoms with Crippen molar-refractivity contribution in [1.29, 1.82) is 0 Å². The quantitative estimate of drug-likeness (QED) is 0.331. The molecular weight excluding hydrogens is 366 g/mol. The van der Waals surface area contributed by atoms with Gasteiger partial charge in [0.15, 0.2) is 12.2 Å². The van der Waals surface area contributed by atoms with E-state index in [2.05, 4.69) is 27.4 Å². The van der Waals surface area contributed by atoms with Crippen LogP contribution in [0.25, 0.3) is 0 Å². The van der Waals surface area contributed by atoms with Crippen LogP contribution in [-0.4, -0.2) is 64.6 Å². The Kier molecular flexibility index (Phi) is 5.07. The molecule has 0 bridgehead atoms. The molecule has 11 nitrogen and oxygen atoms in total. The number of hydrogen-bond acceptors (Lipinski definition) is 8. The maximum absolute atomic E-state index is 12.3. The van der Waals surface area contributed by atoms with Gasteiger partial charge >= 0.3 is 6.03 Å². The highest BCUT2D eigenvalue weighted by Gasteiger charge is 2.48. The van der Waals surface area contributed by atoms with Gasteiger partial charge in [-0.15, -0.1) is 0 Å². The number of hydrazone groups is 1. The van der Waals surface area contributed by atoms with Crippen LogP contribution in [0.4, 0.5) is 10.5 Å². The van der Waals surface area contributed by atoms with E-state index in [0.717, 1.165) is 5.57 Å². The zero-order chi connectivity index (χ0) is 20.4. The number of nitro groups is 1. The van der Waals surface area contributed by atoms with Crippen molar-refractivity contribution in [3.05, 3.63) is 52.1 Å². The number of nitrogens with one attached hydrogen (secondary N) is 2. The van der Waals surface area contributed by atoms with Crippen LogP contribution in [-0.2, 0) is 4.79 Å². The Morgan fingerprint density at radius 1 is 1.50 bits per heavy atom. The van der Waals surface area contributed by atoms with Gasteiger partial charge in [0.05, 0.1) is 11.1 Å². The third kappa shape index (κ3) is 3.68. The zero-order valence-corrected chi connectivity index (χ0v) is 15.3. The molecule has 0 saturated carbocycles. The molecule has 3 rings (SSSR count). The summed E-state index contributed by atoms with van der Waals surface area (Å²) >= 11 is 0. The van der Waals surface area contributed by atoms with Gasteiger partial charge in [0, 0.05) is 31.3 Å². The van der Waals surface area contributed by atoms with Gasteiger partial charge in [-0.25, -0.2) is 15.2 Å². The third-order valence-electron chi connectivity index (χ3n) is 4.26. The van der Waals surface area contributed by atoms with E-state index in [1.54, 1.807) is 24.1 Å². The molecule has 0 aromatic heterocycles. The Morgan fingerprint density at radius 3 is 2.93 bits per heavy atom. The zero-order valence-electron chi connectivity index (χ0n) is 15.3. The lowest BCUT2D eigenvalue weighted by atomic mass is 10.1. The van der Waals surface area contributed by atoms with E-state index in [-0.39, 0.29) is 5.69 Å². The molecule has 1 aromatic rings. The van der Waals surface area contributed by atoms with Crippen molar-refractivity contribution in [3.8, 4) is 0 Å². The highest BCUT2D eigenvalue weighted by atomic mass is 16.6. The van der Waals surface area contributed by atoms with E-state index in [4.69, 9.17) is 0 Å². The molecule has 0 spiro atoms. The Hall–Kier alpha value is -3.76. The first kappa shape index (κ1) is 19.0. The van der Waals surface area contributed by atoms with Crippen LogP contribution in [0.15, 0.2) is 46.5 Å². The number of likely N-dealkylation sites (N-methyl/N-ethyl adjacent to an activating group) is 1. The molecular formula is C17H19N7O4. The number of carbonyl (C=O) groups is 2. The van der Waals surface area contributed by atoms with Gasteiger partial charge < -0.3 is 9.80 Å². The highest BCUT2D eigenvalue weighted by Crippen LogP contribution is 2.24. The smallest absolute Gasteiger partial charge is 0.322 e. The van der Waals surface area contributed by atoms with Crippen LogP contribution in [0.2, 0.25) is 0 Å². The number of imide groups is 1. The average molecular weight is 385 g/mol. The molecule has 1 aromatic carbocycles. The van der Waals surface area contributed by atoms with E-state index in [9.17, 15) is 19.7 Å². The molecule has 2 atom stereocenters. The van der Waals surface area contributed by atoms with Crippen molar-refractivity contribution < 1.29 is 14.5 Å². The van der Waals surface area contributed by atoms with Gasteiger partial charge in [0.1, 0.15) is 0 Å². The summed E-state index contributed by atoms with van der Waals surface area (Å²) in [5, 5.41) is 17.2. The van der Waals surface area contributed by atoms with E-state index in [1.807, 2.05) is 6.92 Å². The maximum Gasteiger partial charge on any atom is 0.325 e. The van der Waals surface area contributed by atoms with Crippen LogP contribution >= 0.6 is 0 Å². The van der Waals surface area contributed by atoms with Crippen LogP contribution < -0.4 is 10.7 Å². The Morgan fingerprint density at radius 2 is 2.25 bits per heavy atom. The van der Waals surface area contributed by atoms with Crippen molar-refractivity contribution in [2.75, 3.05) is 13.6 Å². The summed E-state index contributed by atoms with van der Waals surface area (Å²) in [5.41, 5.74) is 4.03. The molecule has 28 heavy (non-hydrogen) atoms. The number of nitro benzene ring substituents is 1. The number of nitrogens with zero attached hydrogens (tertiary/aromatic N) is 5. The number of fused-ring (bicyclic) bond motifs is 1. The van der Waals surface area contributed by atoms with Gasteiger partial charge in [-0.3, -0.25) is 20.2 Å². The number of benzene rings is 1. The Bertz CT molecular complexity index is 911. The normalized spacial score (nSPS) is 21.4. The molecule has 3 amide bonds. The van der Waals surface area contributed by atoms with Crippen molar-refractivity contribution in [1.82, 2.24) is 20.5 Å². The number of amides is 3. The summed E-state index contributed by atoms with van der Waals surface area (Å²) in [6.45, 7) is 6.02. The SMILES string of the molecule is C=C(C)CN1C(N/N=C/c2cccc([N+](=O)[O-])c2)=NC2C1C(=O)NC(=O)N2C. The van der Waals surface area contributed by atoms with Gasteiger partial charge in [-0.2, -0.15) is 5.10 Å². The second kappa shape index (κ2) is 7.47. The number of hydrogen-bond donors (Lipinski definition) is 2. The van der Waals surface area contributed by atoms with E-state index < -0.39 is 29.1 Å². The van der Waals surface area contributed by atoms with Crippen molar-refractivity contribution in [3.63, 3.8) is 0 Å². The standard InChI is InChI=1S/C17H19N7O4/c1-10(2)9-23-13-14(22(3)17(26)20-15(13)25)19-16(23)21-18-8-11-5-4-6-12(7-11)24(27)28/h4-8,13-14H,1,9H2,2-3H3,(H,19,21)(H,20,25,26)/b18-8+. The second-order valence-electron chi connectivity index (χ2n) is 6.52. The fourth-order valence-electron chi connectivity index (χ4n) is 2.97. The summed E-state index contributed by atoms with van der Waals surface area (Å²) in [5.74, 6) is -0.144. The lowest BCUT2D eigenvalue weighted by Gasteiger charge is -2.36. The Labute approximate surface area is 160 Å². The molecule has 1 saturated heterocycles. The second-order valence-corrected chi connectivity index (χ2v) is 6.52. The molecule has 2 N–H and O–H groups in total. The molecule has 0 aliphatic carbocycles. The maximum atomic E-state index is 12.3. The lowest BCUT2D eigenvalue weighted by molar-refractivity contribution is -0.384. The van der Waals surface area contributed by atoms with E-state index in [0.29, 0.717) is 18.1 Å². The number of guanidine groups is 1. The minimum absolute atomic E-state index is 0.0473. The summed E-state index contributed by atoms with van der Waals surface area (Å²) in [6, 6.07) is 4.77.